The van der Waals surface area contributed by atoms with Crippen LogP contribution in [0.4, 0.5) is 36.4 Å². The molecule has 0 aliphatic rings. The number of nitrogens with zero attached hydrogens (tertiary/aromatic N) is 1. The highest BCUT2D eigenvalue weighted by atomic mass is 19.4. The van der Waals surface area contributed by atoms with Crippen molar-refractivity contribution in [1.29, 1.82) is 0 Å². The maximum Gasteiger partial charge on any atom is 0.422 e. The molecule has 0 radical (unpaired) electrons. The molecule has 0 aliphatic carbocycles. The average molecular weight is 347 g/mol. The maximum absolute atomic E-state index is 12.7. The summed E-state index contributed by atoms with van der Waals surface area (Å²) in [7, 11) is 0. The number of aliphatic imine (C=N–C) groups is 1. The molecule has 1 aromatic carbocycles. The van der Waals surface area contributed by atoms with Gasteiger partial charge in [-0.3, -0.25) is 0 Å². The molecule has 0 saturated carbocycles. The lowest BCUT2D eigenvalue weighted by Crippen LogP contribution is -2.33. The first-order chi connectivity index (χ1) is 10.5. The van der Waals surface area contributed by atoms with E-state index in [4.69, 9.17) is 0 Å². The third kappa shape index (κ3) is 6.55. The molecule has 23 heavy (non-hydrogen) atoms. The van der Waals surface area contributed by atoms with E-state index >= 15 is 0 Å². The molecule has 128 valence electrons. The van der Waals surface area contributed by atoms with Gasteiger partial charge in [-0.05, 0) is 0 Å². The van der Waals surface area contributed by atoms with Gasteiger partial charge in [0.1, 0.15) is 11.5 Å². The van der Waals surface area contributed by atoms with Crippen molar-refractivity contribution in [3.8, 4) is 11.5 Å². The van der Waals surface area contributed by atoms with Gasteiger partial charge in [0.15, 0.2) is 13.2 Å². The van der Waals surface area contributed by atoms with Crippen LogP contribution in [0.2, 0.25) is 0 Å². The molecule has 4 nitrogen and oxygen atoms in total. The predicted octanol–water partition coefficient (Wildman–Crippen LogP) is 3.87. The van der Waals surface area contributed by atoms with E-state index in [9.17, 15) is 35.5 Å². The van der Waals surface area contributed by atoms with E-state index in [1.807, 2.05) is 0 Å². The second kappa shape index (κ2) is 7.32. The number of carbonyl (C=O) groups excluding carboxylic acids is 1. The molecule has 0 saturated heterocycles. The normalized spacial score (nSPS) is 12.0. The number of rotatable bonds is 7. The Kier molecular flexibility index (Phi) is 5.97. The average Bonchev–Trinajstić information content (AvgIpc) is 2.42. The van der Waals surface area contributed by atoms with Crippen molar-refractivity contribution >= 4 is 11.8 Å². The van der Waals surface area contributed by atoms with Crippen LogP contribution in [0.25, 0.3) is 0 Å². The molecule has 0 heterocycles. The summed E-state index contributed by atoms with van der Waals surface area (Å²) in [6, 6.07) is 2.51. The van der Waals surface area contributed by atoms with Gasteiger partial charge in [0.2, 0.25) is 6.08 Å². The van der Waals surface area contributed by atoms with E-state index in [1.165, 1.54) is 0 Å². The summed E-state index contributed by atoms with van der Waals surface area (Å²) < 4.78 is 94.4. The van der Waals surface area contributed by atoms with Gasteiger partial charge in [-0.15, -0.1) is 0 Å². The van der Waals surface area contributed by atoms with Crippen LogP contribution in [0, 0.1) is 0 Å². The molecular formula is C12H8F7NO3. The van der Waals surface area contributed by atoms with Gasteiger partial charge >= 0.3 is 18.5 Å². The number of benzene rings is 1. The van der Waals surface area contributed by atoms with Gasteiger partial charge in [0, 0.05) is 18.2 Å². The van der Waals surface area contributed by atoms with Gasteiger partial charge in [-0.25, -0.2) is 13.6 Å². The minimum Gasteiger partial charge on any atom is -0.487 e. The highest BCUT2D eigenvalue weighted by Gasteiger charge is 2.41. The van der Waals surface area contributed by atoms with Crippen molar-refractivity contribution in [3.63, 3.8) is 0 Å². The monoisotopic (exact) mass is 347 g/mol. The Morgan fingerprint density at radius 1 is 1.00 bits per heavy atom. The van der Waals surface area contributed by atoms with Crippen molar-refractivity contribution in [2.75, 3.05) is 13.2 Å². The summed E-state index contributed by atoms with van der Waals surface area (Å²) in [6.45, 7) is -3.43. The Morgan fingerprint density at radius 2 is 1.52 bits per heavy atom. The fourth-order valence-corrected chi connectivity index (χ4v) is 1.25. The first-order valence-corrected chi connectivity index (χ1v) is 5.75. The topological polar surface area (TPSA) is 47.9 Å². The number of isocyanates is 1. The van der Waals surface area contributed by atoms with Crippen LogP contribution in [-0.4, -0.2) is 37.8 Å². The highest BCUT2D eigenvalue weighted by molar-refractivity contribution is 5.55. The highest BCUT2D eigenvalue weighted by Crippen LogP contribution is 2.31. The van der Waals surface area contributed by atoms with Crippen molar-refractivity contribution in [2.24, 2.45) is 4.99 Å². The number of hydrogen-bond acceptors (Lipinski definition) is 4. The van der Waals surface area contributed by atoms with Crippen molar-refractivity contribution in [3.05, 3.63) is 18.2 Å². The lowest BCUT2D eigenvalue weighted by molar-refractivity contribution is -0.153. The van der Waals surface area contributed by atoms with Gasteiger partial charge in [-0.1, -0.05) is 0 Å². The molecule has 0 N–H and O–H groups in total. The molecule has 0 bridgehead atoms. The zero-order chi connectivity index (χ0) is 17.7. The van der Waals surface area contributed by atoms with Gasteiger partial charge < -0.3 is 9.47 Å². The summed E-state index contributed by atoms with van der Waals surface area (Å²) in [6.07, 6.45) is -7.58. The van der Waals surface area contributed by atoms with Gasteiger partial charge in [0.05, 0.1) is 5.69 Å². The molecule has 0 unspecified atom stereocenters. The molecule has 1 aromatic rings. The predicted molar refractivity (Wildman–Crippen MR) is 62.2 cm³/mol. The molecule has 1 rings (SSSR count). The van der Waals surface area contributed by atoms with Crippen LogP contribution in [0.1, 0.15) is 0 Å². The second-order valence-electron chi connectivity index (χ2n) is 4.12. The standard InChI is InChI=1S/C12H8F7NO3/c13-10(14)11(15,16)4-22-8-1-7(20-6-21)2-9(3-8)23-5-12(17,18)19/h1-3,10H,4-5H2. The molecule has 0 fully saturated rings. The lowest BCUT2D eigenvalue weighted by Gasteiger charge is -2.17. The third-order valence-corrected chi connectivity index (χ3v) is 2.19. The molecular weight excluding hydrogens is 339 g/mol. The maximum atomic E-state index is 12.7. The Balaban J connectivity index is 2.93. The smallest absolute Gasteiger partial charge is 0.422 e. The first kappa shape index (κ1) is 18.8. The summed E-state index contributed by atoms with van der Waals surface area (Å²) in [5, 5.41) is 0. The van der Waals surface area contributed by atoms with Crippen LogP contribution < -0.4 is 9.47 Å². The van der Waals surface area contributed by atoms with Crippen LogP contribution >= 0.6 is 0 Å². The zero-order valence-electron chi connectivity index (χ0n) is 11.0. The van der Waals surface area contributed by atoms with Crippen LogP contribution in [0.5, 0.6) is 11.5 Å². The molecule has 0 amide bonds. The summed E-state index contributed by atoms with van der Waals surface area (Å²) in [5.74, 6) is -5.50. The SMILES string of the molecule is O=C=Nc1cc(OCC(F)(F)F)cc(OCC(F)(F)C(F)F)c1. The van der Waals surface area contributed by atoms with E-state index in [1.54, 1.807) is 0 Å². The van der Waals surface area contributed by atoms with Crippen molar-refractivity contribution < 1.29 is 45.0 Å². The minimum atomic E-state index is -4.67. The van der Waals surface area contributed by atoms with E-state index < -0.39 is 43.2 Å². The van der Waals surface area contributed by atoms with E-state index in [2.05, 4.69) is 14.5 Å². The molecule has 0 spiro atoms. The van der Waals surface area contributed by atoms with Gasteiger partial charge in [0.25, 0.3) is 0 Å². The van der Waals surface area contributed by atoms with E-state index in [-0.39, 0.29) is 5.69 Å². The van der Waals surface area contributed by atoms with Crippen LogP contribution in [0.3, 0.4) is 0 Å². The number of hydrogen-bond donors (Lipinski definition) is 0. The fourth-order valence-electron chi connectivity index (χ4n) is 1.25. The van der Waals surface area contributed by atoms with Gasteiger partial charge in [-0.2, -0.15) is 26.9 Å². The number of ether oxygens (including phenoxy) is 2. The minimum absolute atomic E-state index is 0.310. The van der Waals surface area contributed by atoms with Crippen molar-refractivity contribution in [1.82, 2.24) is 0 Å². The van der Waals surface area contributed by atoms with E-state index in [0.717, 1.165) is 24.3 Å². The largest absolute Gasteiger partial charge is 0.487 e. The quantitative estimate of drug-likeness (QED) is 0.427. The second-order valence-corrected chi connectivity index (χ2v) is 4.12. The Morgan fingerprint density at radius 3 is 1.96 bits per heavy atom. The molecule has 0 aliphatic heterocycles. The molecule has 11 heteroatoms. The summed E-state index contributed by atoms with van der Waals surface area (Å²) in [4.78, 5) is 13.2. The Bertz CT molecular complexity index is 583. The van der Waals surface area contributed by atoms with E-state index in [0.29, 0.717) is 0 Å². The van der Waals surface area contributed by atoms with Crippen LogP contribution in [-0.2, 0) is 4.79 Å². The summed E-state index contributed by atoms with van der Waals surface area (Å²) >= 11 is 0. The lowest BCUT2D eigenvalue weighted by atomic mass is 10.3. The number of halogens is 7. The van der Waals surface area contributed by atoms with Crippen LogP contribution in [0.15, 0.2) is 23.2 Å². The Labute approximate surface area is 124 Å². The fraction of sp³-hybridized carbons (Fsp3) is 0.417. The number of alkyl halides is 7. The summed E-state index contributed by atoms with van der Waals surface area (Å²) in [5.41, 5.74) is -0.310. The molecule has 0 atom stereocenters. The Hall–Kier alpha value is -2.29. The third-order valence-electron chi connectivity index (χ3n) is 2.19. The van der Waals surface area contributed by atoms with Crippen molar-refractivity contribution in [2.45, 2.75) is 18.5 Å². The first-order valence-electron chi connectivity index (χ1n) is 5.75. The molecule has 0 aromatic heterocycles. The zero-order valence-corrected chi connectivity index (χ0v) is 11.0.